The van der Waals surface area contributed by atoms with E-state index in [9.17, 15) is 8.42 Å². The van der Waals surface area contributed by atoms with E-state index in [1.807, 2.05) is 0 Å². The summed E-state index contributed by atoms with van der Waals surface area (Å²) in [5, 5.41) is 0.465. The van der Waals surface area contributed by atoms with Crippen molar-refractivity contribution in [2.45, 2.75) is 6.54 Å². The summed E-state index contributed by atoms with van der Waals surface area (Å²) in [5.41, 5.74) is 1.40. The van der Waals surface area contributed by atoms with Crippen LogP contribution in [0.15, 0.2) is 42.3 Å². The highest BCUT2D eigenvalue weighted by molar-refractivity contribution is 7.88. The molecule has 0 spiro atoms. The van der Waals surface area contributed by atoms with E-state index in [0.717, 1.165) is 11.0 Å². The Bertz CT molecular complexity index is 421. The zero-order valence-electron chi connectivity index (χ0n) is 10.5. The third-order valence-corrected chi connectivity index (χ3v) is 2.13. The fourth-order valence-electron chi connectivity index (χ4n) is 1.13. The number of hydrogen-bond acceptors (Lipinski definition) is 2. The first-order valence-corrected chi connectivity index (χ1v) is 6.59. The van der Waals surface area contributed by atoms with Crippen LogP contribution in [-0.2, 0) is 16.7 Å². The third-order valence-electron chi connectivity index (χ3n) is 1.71. The number of nitrogens with zero attached hydrogens (tertiary/aromatic N) is 1. The molecule has 0 saturated carbocycles. The maximum absolute atomic E-state index is 9.44. The van der Waals surface area contributed by atoms with E-state index in [-0.39, 0.29) is 0 Å². The molecular formula is C12H20NO3S+. The van der Waals surface area contributed by atoms with Gasteiger partial charge in [0.25, 0.3) is 10.1 Å². The van der Waals surface area contributed by atoms with Gasteiger partial charge in [0.1, 0.15) is 6.54 Å². The molecule has 0 heterocycles. The molecule has 0 aromatic heterocycles. The lowest BCUT2D eigenvalue weighted by molar-refractivity contribution is -0.884. The number of hydrogen-bond donors (Lipinski definition) is 1. The Kier molecular flexibility index (Phi) is 6.09. The van der Waals surface area contributed by atoms with Gasteiger partial charge in [-0.15, -0.1) is 0 Å². The van der Waals surface area contributed by atoms with Crippen LogP contribution >= 0.6 is 0 Å². The summed E-state index contributed by atoms with van der Waals surface area (Å²) in [7, 11) is 2.71. The standard InChI is InChI=1S/C10H16N.C2H4O3S/c1-11(2,3)9-10-7-5-4-6-8-10;1-2-6(3,4)5/h4-8H,9H2,1-3H3;2H,1H2,(H,3,4,5)/q+1;. The summed E-state index contributed by atoms with van der Waals surface area (Å²) in [4.78, 5) is 0. The Morgan fingerprint density at radius 3 is 1.94 bits per heavy atom. The molecule has 17 heavy (non-hydrogen) atoms. The van der Waals surface area contributed by atoms with Crippen LogP contribution in [0.4, 0.5) is 0 Å². The Labute approximate surface area is 104 Å². The lowest BCUT2D eigenvalue weighted by atomic mass is 10.2. The molecule has 0 bridgehead atoms. The SMILES string of the molecule is C=CS(=O)(=O)O.C[N+](C)(C)Cc1ccccc1. The maximum Gasteiger partial charge on any atom is 0.287 e. The Hall–Kier alpha value is -1.17. The lowest BCUT2D eigenvalue weighted by Gasteiger charge is -2.23. The Balaban J connectivity index is 0.000000366. The second-order valence-corrected chi connectivity index (χ2v) is 5.98. The summed E-state index contributed by atoms with van der Waals surface area (Å²) in [5.74, 6) is 0. The van der Waals surface area contributed by atoms with Crippen LogP contribution in [-0.4, -0.2) is 38.6 Å². The van der Waals surface area contributed by atoms with E-state index in [1.54, 1.807) is 0 Å². The molecule has 0 radical (unpaired) electrons. The molecule has 0 aliphatic rings. The van der Waals surface area contributed by atoms with Gasteiger partial charge in [0.05, 0.1) is 26.6 Å². The van der Waals surface area contributed by atoms with Gasteiger partial charge in [-0.3, -0.25) is 4.55 Å². The number of quaternary nitrogens is 1. The molecule has 0 amide bonds. The molecule has 1 rings (SSSR count). The van der Waals surface area contributed by atoms with Crippen molar-refractivity contribution < 1.29 is 17.5 Å². The number of rotatable bonds is 3. The lowest BCUT2D eigenvalue weighted by Crippen LogP contribution is -2.33. The first-order valence-electron chi connectivity index (χ1n) is 5.08. The van der Waals surface area contributed by atoms with Gasteiger partial charge in [-0.25, -0.2) is 0 Å². The van der Waals surface area contributed by atoms with Gasteiger partial charge in [-0.1, -0.05) is 36.9 Å². The molecule has 0 fully saturated rings. The molecule has 96 valence electrons. The van der Waals surface area contributed by atoms with Crippen LogP contribution in [0.5, 0.6) is 0 Å². The Morgan fingerprint density at radius 2 is 1.65 bits per heavy atom. The van der Waals surface area contributed by atoms with Gasteiger partial charge in [0.2, 0.25) is 0 Å². The summed E-state index contributed by atoms with van der Waals surface area (Å²) >= 11 is 0. The summed E-state index contributed by atoms with van der Waals surface area (Å²) in [6, 6.07) is 10.6. The van der Waals surface area contributed by atoms with Gasteiger partial charge in [0, 0.05) is 5.56 Å². The minimum absolute atomic E-state index is 0.465. The van der Waals surface area contributed by atoms with Crippen molar-refractivity contribution in [3.8, 4) is 0 Å². The van der Waals surface area contributed by atoms with Crippen LogP contribution in [0.1, 0.15) is 5.56 Å². The highest BCUT2D eigenvalue weighted by atomic mass is 32.2. The molecule has 4 nitrogen and oxygen atoms in total. The molecule has 1 N–H and O–H groups in total. The van der Waals surface area contributed by atoms with Crippen molar-refractivity contribution in [3.63, 3.8) is 0 Å². The number of benzene rings is 1. The van der Waals surface area contributed by atoms with Gasteiger partial charge < -0.3 is 4.48 Å². The van der Waals surface area contributed by atoms with E-state index in [4.69, 9.17) is 4.55 Å². The van der Waals surface area contributed by atoms with Crippen molar-refractivity contribution in [2.24, 2.45) is 0 Å². The molecule has 0 unspecified atom stereocenters. The third kappa shape index (κ3) is 11.1. The molecule has 0 aliphatic heterocycles. The van der Waals surface area contributed by atoms with E-state index >= 15 is 0 Å². The van der Waals surface area contributed by atoms with E-state index in [1.165, 1.54) is 5.56 Å². The Morgan fingerprint density at radius 1 is 1.24 bits per heavy atom. The van der Waals surface area contributed by atoms with Gasteiger partial charge in [-0.2, -0.15) is 8.42 Å². The molecular weight excluding hydrogens is 238 g/mol. The summed E-state index contributed by atoms with van der Waals surface area (Å²) in [6.45, 7) is 3.89. The van der Waals surface area contributed by atoms with Gasteiger partial charge >= 0.3 is 0 Å². The van der Waals surface area contributed by atoms with E-state index in [2.05, 4.69) is 58.1 Å². The van der Waals surface area contributed by atoms with Gasteiger partial charge in [-0.05, 0) is 0 Å². The molecule has 0 saturated heterocycles. The van der Waals surface area contributed by atoms with Crippen molar-refractivity contribution in [3.05, 3.63) is 47.9 Å². The molecule has 5 heteroatoms. The second-order valence-electron chi connectivity index (χ2n) is 4.62. The highest BCUT2D eigenvalue weighted by Gasteiger charge is 2.06. The zero-order chi connectivity index (χ0) is 13.5. The predicted molar refractivity (Wildman–Crippen MR) is 69.9 cm³/mol. The van der Waals surface area contributed by atoms with E-state index in [0.29, 0.717) is 5.41 Å². The molecule has 1 aromatic rings. The minimum atomic E-state index is -3.90. The first kappa shape index (κ1) is 15.8. The van der Waals surface area contributed by atoms with Crippen LogP contribution in [0, 0.1) is 0 Å². The van der Waals surface area contributed by atoms with Crippen LogP contribution < -0.4 is 0 Å². The van der Waals surface area contributed by atoms with Crippen LogP contribution in [0.2, 0.25) is 0 Å². The van der Waals surface area contributed by atoms with Crippen molar-refractivity contribution in [2.75, 3.05) is 21.1 Å². The average Bonchev–Trinajstić information content (AvgIpc) is 2.16. The largest absolute Gasteiger partial charge is 0.327 e. The fraction of sp³-hybridized carbons (Fsp3) is 0.333. The van der Waals surface area contributed by atoms with Crippen molar-refractivity contribution in [1.29, 1.82) is 0 Å². The van der Waals surface area contributed by atoms with E-state index < -0.39 is 10.1 Å². The quantitative estimate of drug-likeness (QED) is 0.665. The predicted octanol–water partition coefficient (Wildman–Crippen LogP) is 1.91. The van der Waals surface area contributed by atoms with Gasteiger partial charge in [0.15, 0.2) is 0 Å². The zero-order valence-corrected chi connectivity index (χ0v) is 11.3. The normalized spacial score (nSPS) is 11.3. The van der Waals surface area contributed by atoms with Crippen molar-refractivity contribution >= 4 is 10.1 Å². The smallest absolute Gasteiger partial charge is 0.287 e. The summed E-state index contributed by atoms with van der Waals surface area (Å²) < 4.78 is 27.5. The van der Waals surface area contributed by atoms with Crippen molar-refractivity contribution in [1.82, 2.24) is 0 Å². The first-order chi connectivity index (χ1) is 7.64. The topological polar surface area (TPSA) is 54.4 Å². The fourth-order valence-corrected chi connectivity index (χ4v) is 1.13. The monoisotopic (exact) mass is 258 g/mol. The molecule has 0 atom stereocenters. The summed E-state index contributed by atoms with van der Waals surface area (Å²) in [6.07, 6.45) is 0. The minimum Gasteiger partial charge on any atom is -0.327 e. The second kappa shape index (κ2) is 6.54. The molecule has 1 aromatic carbocycles. The average molecular weight is 258 g/mol. The highest BCUT2D eigenvalue weighted by Crippen LogP contribution is 2.05. The van der Waals surface area contributed by atoms with Crippen LogP contribution in [0.25, 0.3) is 0 Å². The molecule has 0 aliphatic carbocycles. The van der Waals surface area contributed by atoms with Crippen LogP contribution in [0.3, 0.4) is 0 Å². The maximum atomic E-state index is 9.44.